The van der Waals surface area contributed by atoms with Crippen molar-refractivity contribution in [3.05, 3.63) is 0 Å². The third-order valence-corrected chi connectivity index (χ3v) is 5.29. The van der Waals surface area contributed by atoms with Gasteiger partial charge in [0.1, 0.15) is 11.7 Å². The van der Waals surface area contributed by atoms with E-state index in [4.69, 9.17) is 9.47 Å². The summed E-state index contributed by atoms with van der Waals surface area (Å²) in [5, 5.41) is 0. The molecule has 0 bridgehead atoms. The Balaban J connectivity index is 1.62. The molecule has 0 radical (unpaired) electrons. The van der Waals surface area contributed by atoms with Gasteiger partial charge in [-0.3, -0.25) is 9.59 Å². The van der Waals surface area contributed by atoms with Crippen molar-refractivity contribution in [3.8, 4) is 0 Å². The van der Waals surface area contributed by atoms with E-state index in [1.807, 2.05) is 20.8 Å². The average Bonchev–Trinajstić information content (AvgIpc) is 2.53. The van der Waals surface area contributed by atoms with Crippen LogP contribution >= 0.6 is 0 Å². The van der Waals surface area contributed by atoms with Crippen LogP contribution in [0.2, 0.25) is 0 Å². The molecule has 2 saturated carbocycles. The van der Waals surface area contributed by atoms with Gasteiger partial charge < -0.3 is 9.47 Å². The molecular formula is C20H34O4. The summed E-state index contributed by atoms with van der Waals surface area (Å²) in [5.41, 5.74) is -0.501. The van der Waals surface area contributed by atoms with Crippen LogP contribution in [0.5, 0.6) is 0 Å². The van der Waals surface area contributed by atoms with E-state index in [0.29, 0.717) is 0 Å². The number of hydrogen-bond acceptors (Lipinski definition) is 4. The Morgan fingerprint density at radius 1 is 0.792 bits per heavy atom. The molecular weight excluding hydrogens is 304 g/mol. The highest BCUT2D eigenvalue weighted by atomic mass is 16.6. The zero-order valence-corrected chi connectivity index (χ0v) is 15.6. The second-order valence-corrected chi connectivity index (χ2v) is 8.51. The molecule has 138 valence electrons. The number of rotatable bonds is 5. The first-order chi connectivity index (χ1) is 11.3. The Kier molecular flexibility index (Phi) is 7.12. The van der Waals surface area contributed by atoms with Crippen LogP contribution in [0.4, 0.5) is 0 Å². The molecule has 2 rings (SSSR count). The van der Waals surface area contributed by atoms with Gasteiger partial charge in [0.25, 0.3) is 0 Å². The number of carbonyl (C=O) groups excluding carboxylic acids is 2. The van der Waals surface area contributed by atoms with Crippen LogP contribution in [0.3, 0.4) is 0 Å². The predicted octanol–water partition coefficient (Wildman–Crippen LogP) is 4.79. The summed E-state index contributed by atoms with van der Waals surface area (Å²) in [5.74, 6) is 1.15. The van der Waals surface area contributed by atoms with Gasteiger partial charge in [-0.25, -0.2) is 0 Å². The van der Waals surface area contributed by atoms with Gasteiger partial charge in [-0.1, -0.05) is 32.1 Å². The van der Waals surface area contributed by atoms with Crippen LogP contribution in [0.25, 0.3) is 0 Å². The molecule has 2 aliphatic carbocycles. The van der Waals surface area contributed by atoms with Crippen molar-refractivity contribution in [2.75, 3.05) is 0 Å². The highest BCUT2D eigenvalue weighted by Crippen LogP contribution is 2.38. The Labute approximate surface area is 146 Å². The fraction of sp³-hybridized carbons (Fsp3) is 0.900. The third kappa shape index (κ3) is 6.82. The summed E-state index contributed by atoms with van der Waals surface area (Å²) < 4.78 is 10.8. The largest absolute Gasteiger partial charge is 0.462 e. The van der Waals surface area contributed by atoms with Crippen LogP contribution < -0.4 is 0 Å². The van der Waals surface area contributed by atoms with Crippen LogP contribution in [0, 0.1) is 11.8 Å². The second kappa shape index (κ2) is 8.87. The maximum Gasteiger partial charge on any atom is 0.306 e. The van der Waals surface area contributed by atoms with Gasteiger partial charge in [0.2, 0.25) is 0 Å². The second-order valence-electron chi connectivity index (χ2n) is 8.51. The number of carbonyl (C=O) groups is 2. The lowest BCUT2D eigenvalue weighted by Crippen LogP contribution is -2.29. The molecule has 0 N–H and O–H groups in total. The van der Waals surface area contributed by atoms with Crippen LogP contribution in [0.15, 0.2) is 0 Å². The first kappa shape index (κ1) is 19.3. The summed E-state index contributed by atoms with van der Waals surface area (Å²) in [6.07, 6.45) is 11.6. The minimum atomic E-state index is -0.501. The molecule has 0 heterocycles. The zero-order chi connectivity index (χ0) is 17.6. The molecule has 0 spiro atoms. The number of hydrogen-bond donors (Lipinski definition) is 0. The van der Waals surface area contributed by atoms with E-state index in [2.05, 4.69) is 0 Å². The minimum absolute atomic E-state index is 0.0518. The van der Waals surface area contributed by atoms with Crippen LogP contribution in [0.1, 0.15) is 91.4 Å². The molecule has 0 aromatic carbocycles. The highest BCUT2D eigenvalue weighted by molar-refractivity contribution is 5.77. The van der Waals surface area contributed by atoms with Gasteiger partial charge in [0.05, 0.1) is 12.8 Å². The van der Waals surface area contributed by atoms with Crippen molar-refractivity contribution in [2.45, 2.75) is 103 Å². The highest BCUT2D eigenvalue weighted by Gasteiger charge is 2.30. The van der Waals surface area contributed by atoms with Crippen molar-refractivity contribution in [3.63, 3.8) is 0 Å². The van der Waals surface area contributed by atoms with Gasteiger partial charge in [-0.2, -0.15) is 0 Å². The van der Waals surface area contributed by atoms with E-state index in [1.165, 1.54) is 44.9 Å². The van der Waals surface area contributed by atoms with Crippen molar-refractivity contribution in [2.24, 2.45) is 11.8 Å². The molecule has 0 aromatic heterocycles. The molecule has 0 saturated heterocycles. The maximum absolute atomic E-state index is 11.9. The Morgan fingerprint density at radius 3 is 1.92 bits per heavy atom. The molecule has 0 aliphatic heterocycles. The SMILES string of the molecule is CC(C)(C)OC(=O)CCC(=O)OC1CCC(C2CCCCC2)CC1. The van der Waals surface area contributed by atoms with E-state index >= 15 is 0 Å². The van der Waals surface area contributed by atoms with Crippen LogP contribution in [-0.4, -0.2) is 23.6 Å². The monoisotopic (exact) mass is 338 g/mol. The van der Waals surface area contributed by atoms with Crippen molar-refractivity contribution in [1.82, 2.24) is 0 Å². The van der Waals surface area contributed by atoms with Crippen molar-refractivity contribution < 1.29 is 19.1 Å². The first-order valence-corrected chi connectivity index (χ1v) is 9.75. The van der Waals surface area contributed by atoms with Gasteiger partial charge >= 0.3 is 11.9 Å². The predicted molar refractivity (Wildman–Crippen MR) is 93.5 cm³/mol. The first-order valence-electron chi connectivity index (χ1n) is 9.75. The van der Waals surface area contributed by atoms with Gasteiger partial charge in [0, 0.05) is 0 Å². The van der Waals surface area contributed by atoms with Gasteiger partial charge in [-0.15, -0.1) is 0 Å². The quantitative estimate of drug-likeness (QED) is 0.676. The molecule has 2 fully saturated rings. The van der Waals surface area contributed by atoms with Crippen molar-refractivity contribution in [1.29, 1.82) is 0 Å². The maximum atomic E-state index is 11.9. The summed E-state index contributed by atoms with van der Waals surface area (Å²) >= 11 is 0. The lowest BCUT2D eigenvalue weighted by atomic mass is 9.73. The molecule has 4 nitrogen and oxygen atoms in total. The topological polar surface area (TPSA) is 52.6 Å². The lowest BCUT2D eigenvalue weighted by molar-refractivity contribution is -0.160. The number of ether oxygens (including phenoxy) is 2. The molecule has 2 aliphatic rings. The van der Waals surface area contributed by atoms with Gasteiger partial charge in [-0.05, 0) is 58.3 Å². The van der Waals surface area contributed by atoms with E-state index < -0.39 is 5.60 Å². The van der Waals surface area contributed by atoms with E-state index in [9.17, 15) is 9.59 Å². The molecule has 4 heteroatoms. The standard InChI is InChI=1S/C20H34O4/c1-20(2,3)24-19(22)14-13-18(21)23-17-11-9-16(10-12-17)15-7-5-4-6-8-15/h15-17H,4-14H2,1-3H3. The summed E-state index contributed by atoms with van der Waals surface area (Å²) in [6, 6.07) is 0. The fourth-order valence-corrected chi connectivity index (χ4v) is 4.12. The summed E-state index contributed by atoms with van der Waals surface area (Å²) in [7, 11) is 0. The van der Waals surface area contributed by atoms with Crippen LogP contribution in [-0.2, 0) is 19.1 Å². The minimum Gasteiger partial charge on any atom is -0.462 e. The number of esters is 2. The van der Waals surface area contributed by atoms with Crippen molar-refractivity contribution >= 4 is 11.9 Å². The van der Waals surface area contributed by atoms with E-state index in [0.717, 1.165) is 24.7 Å². The Bertz CT molecular complexity index is 410. The summed E-state index contributed by atoms with van der Waals surface area (Å²) in [6.45, 7) is 5.48. The fourth-order valence-electron chi connectivity index (χ4n) is 4.12. The molecule has 24 heavy (non-hydrogen) atoms. The zero-order valence-electron chi connectivity index (χ0n) is 15.6. The van der Waals surface area contributed by atoms with E-state index in [-0.39, 0.29) is 30.9 Å². The average molecular weight is 338 g/mol. The van der Waals surface area contributed by atoms with E-state index in [1.54, 1.807) is 0 Å². The summed E-state index contributed by atoms with van der Waals surface area (Å²) in [4.78, 5) is 23.6. The normalized spacial score (nSPS) is 26.0. The smallest absolute Gasteiger partial charge is 0.306 e. The Morgan fingerprint density at radius 2 is 1.33 bits per heavy atom. The molecule has 0 amide bonds. The Hall–Kier alpha value is -1.06. The third-order valence-electron chi connectivity index (χ3n) is 5.29. The molecule has 0 aromatic rings. The molecule has 0 atom stereocenters. The van der Waals surface area contributed by atoms with Gasteiger partial charge in [0.15, 0.2) is 0 Å². The lowest BCUT2D eigenvalue weighted by Gasteiger charge is -2.35. The molecule has 0 unspecified atom stereocenters.